The standard InChI is InChI=1S/C25H20Cl2N4O/c1-17-10-12-19(13-11-17)24-29-25(28-16-20-7-3-5-9-22(20)27)31(30-24)23(32)15-14-18-6-2-4-8-21(18)26/h2-15H,16H2,1H3,(H,28,29,30). The molecule has 0 bridgehead atoms. The molecule has 1 heterocycles. The first kappa shape index (κ1) is 21.8. The summed E-state index contributed by atoms with van der Waals surface area (Å²) in [6.45, 7) is 2.41. The average molecular weight is 463 g/mol. The molecule has 32 heavy (non-hydrogen) atoms. The van der Waals surface area contributed by atoms with Gasteiger partial charge < -0.3 is 5.32 Å². The van der Waals surface area contributed by atoms with E-state index < -0.39 is 0 Å². The van der Waals surface area contributed by atoms with E-state index in [1.165, 1.54) is 10.8 Å². The van der Waals surface area contributed by atoms with Gasteiger partial charge in [-0.3, -0.25) is 4.79 Å². The Labute approximate surface area is 196 Å². The first-order valence-electron chi connectivity index (χ1n) is 9.99. The van der Waals surface area contributed by atoms with Gasteiger partial charge in [0, 0.05) is 28.2 Å². The fourth-order valence-electron chi connectivity index (χ4n) is 3.06. The highest BCUT2D eigenvalue weighted by atomic mass is 35.5. The van der Waals surface area contributed by atoms with Crippen molar-refractivity contribution in [2.24, 2.45) is 0 Å². The van der Waals surface area contributed by atoms with Crippen LogP contribution in [0.2, 0.25) is 10.0 Å². The molecule has 1 N–H and O–H groups in total. The minimum Gasteiger partial charge on any atom is -0.350 e. The van der Waals surface area contributed by atoms with Crippen molar-refractivity contribution in [3.8, 4) is 11.4 Å². The number of aromatic nitrogens is 3. The van der Waals surface area contributed by atoms with E-state index in [2.05, 4.69) is 15.4 Å². The summed E-state index contributed by atoms with van der Waals surface area (Å²) >= 11 is 12.5. The lowest BCUT2D eigenvalue weighted by Gasteiger charge is -2.07. The number of benzene rings is 3. The Balaban J connectivity index is 1.65. The molecule has 0 saturated heterocycles. The molecule has 160 valence electrons. The highest BCUT2D eigenvalue weighted by molar-refractivity contribution is 6.32. The Bertz CT molecular complexity index is 1280. The number of nitrogens with zero attached hydrogens (tertiary/aromatic N) is 3. The van der Waals surface area contributed by atoms with Crippen LogP contribution in [0.15, 0.2) is 78.9 Å². The third-order valence-electron chi connectivity index (χ3n) is 4.83. The lowest BCUT2D eigenvalue weighted by Crippen LogP contribution is -2.14. The molecule has 0 unspecified atom stereocenters. The van der Waals surface area contributed by atoms with Gasteiger partial charge >= 0.3 is 0 Å². The molecular formula is C25H20Cl2N4O. The van der Waals surface area contributed by atoms with Gasteiger partial charge in [0.25, 0.3) is 5.91 Å². The quantitative estimate of drug-likeness (QED) is 0.331. The van der Waals surface area contributed by atoms with E-state index in [0.29, 0.717) is 28.4 Å². The second-order valence-corrected chi connectivity index (χ2v) is 7.99. The monoisotopic (exact) mass is 462 g/mol. The fourth-order valence-corrected chi connectivity index (χ4v) is 3.46. The zero-order valence-electron chi connectivity index (χ0n) is 17.3. The molecule has 0 fully saturated rings. The molecule has 4 rings (SSSR count). The molecular weight excluding hydrogens is 443 g/mol. The number of allylic oxidation sites excluding steroid dienone is 1. The van der Waals surface area contributed by atoms with Gasteiger partial charge in [0.2, 0.25) is 5.95 Å². The Morgan fingerprint density at radius 3 is 2.38 bits per heavy atom. The van der Waals surface area contributed by atoms with Gasteiger partial charge in [-0.25, -0.2) is 0 Å². The first-order chi connectivity index (χ1) is 15.5. The molecule has 0 radical (unpaired) electrons. The lowest BCUT2D eigenvalue weighted by atomic mass is 10.1. The van der Waals surface area contributed by atoms with Gasteiger partial charge in [-0.2, -0.15) is 9.67 Å². The van der Waals surface area contributed by atoms with Crippen LogP contribution in [0.4, 0.5) is 5.95 Å². The summed E-state index contributed by atoms with van der Waals surface area (Å²) < 4.78 is 1.25. The van der Waals surface area contributed by atoms with E-state index in [4.69, 9.17) is 23.2 Å². The minimum atomic E-state index is -0.350. The van der Waals surface area contributed by atoms with Gasteiger partial charge in [-0.05, 0) is 36.3 Å². The molecule has 3 aromatic carbocycles. The van der Waals surface area contributed by atoms with Gasteiger partial charge in [0.1, 0.15) is 0 Å². The Hall–Kier alpha value is -3.41. The highest BCUT2D eigenvalue weighted by Crippen LogP contribution is 2.21. The van der Waals surface area contributed by atoms with Crippen LogP contribution in [0, 0.1) is 6.92 Å². The lowest BCUT2D eigenvalue weighted by molar-refractivity contribution is 0.0957. The minimum absolute atomic E-state index is 0.328. The molecule has 0 spiro atoms. The topological polar surface area (TPSA) is 59.8 Å². The van der Waals surface area contributed by atoms with Gasteiger partial charge in [0.15, 0.2) is 5.82 Å². The number of anilines is 1. The van der Waals surface area contributed by atoms with Crippen molar-refractivity contribution in [2.75, 3.05) is 5.32 Å². The van der Waals surface area contributed by atoms with Crippen LogP contribution >= 0.6 is 23.2 Å². The van der Waals surface area contributed by atoms with E-state index in [-0.39, 0.29) is 5.91 Å². The maximum absolute atomic E-state index is 13.0. The van der Waals surface area contributed by atoms with Crippen LogP contribution in [0.1, 0.15) is 21.5 Å². The van der Waals surface area contributed by atoms with E-state index >= 15 is 0 Å². The molecule has 1 aromatic heterocycles. The molecule has 0 atom stereocenters. The summed E-state index contributed by atoms with van der Waals surface area (Å²) in [5, 5.41) is 8.84. The number of carbonyl (C=O) groups excluding carboxylic acids is 1. The van der Waals surface area contributed by atoms with E-state index in [1.807, 2.05) is 73.7 Å². The van der Waals surface area contributed by atoms with Gasteiger partial charge in [0.05, 0.1) is 0 Å². The van der Waals surface area contributed by atoms with Crippen molar-refractivity contribution in [3.63, 3.8) is 0 Å². The summed E-state index contributed by atoms with van der Waals surface area (Å²) in [6.07, 6.45) is 3.09. The zero-order chi connectivity index (χ0) is 22.5. The molecule has 0 amide bonds. The van der Waals surface area contributed by atoms with Crippen LogP contribution < -0.4 is 5.32 Å². The van der Waals surface area contributed by atoms with Gasteiger partial charge in [-0.1, -0.05) is 89.4 Å². The number of hydrogen-bond donors (Lipinski definition) is 1. The summed E-state index contributed by atoms with van der Waals surface area (Å²) in [4.78, 5) is 17.6. The van der Waals surface area contributed by atoms with Gasteiger partial charge in [-0.15, -0.1) is 5.10 Å². The van der Waals surface area contributed by atoms with Crippen molar-refractivity contribution in [1.29, 1.82) is 0 Å². The van der Waals surface area contributed by atoms with Crippen molar-refractivity contribution in [2.45, 2.75) is 13.5 Å². The largest absolute Gasteiger partial charge is 0.350 e. The Kier molecular flexibility index (Phi) is 6.69. The fraction of sp³-hybridized carbons (Fsp3) is 0.0800. The molecule has 7 heteroatoms. The van der Waals surface area contributed by atoms with Crippen LogP contribution in [-0.4, -0.2) is 20.7 Å². The predicted molar refractivity (Wildman–Crippen MR) is 130 cm³/mol. The van der Waals surface area contributed by atoms with E-state index in [9.17, 15) is 4.79 Å². The average Bonchev–Trinajstić information content (AvgIpc) is 3.22. The molecule has 0 aliphatic rings. The number of halogens is 2. The van der Waals surface area contributed by atoms with Crippen LogP contribution in [-0.2, 0) is 6.54 Å². The third kappa shape index (κ3) is 5.07. The third-order valence-corrected chi connectivity index (χ3v) is 5.54. The van der Waals surface area contributed by atoms with Crippen LogP contribution in [0.25, 0.3) is 17.5 Å². The summed E-state index contributed by atoms with van der Waals surface area (Å²) in [5.41, 5.74) is 3.58. The second kappa shape index (κ2) is 9.81. The molecule has 0 aliphatic heterocycles. The van der Waals surface area contributed by atoms with E-state index in [0.717, 1.165) is 22.3 Å². The molecule has 5 nitrogen and oxygen atoms in total. The number of nitrogens with one attached hydrogen (secondary N) is 1. The van der Waals surface area contributed by atoms with Crippen LogP contribution in [0.5, 0.6) is 0 Å². The first-order valence-corrected chi connectivity index (χ1v) is 10.7. The number of carbonyl (C=O) groups is 1. The number of hydrogen-bond acceptors (Lipinski definition) is 4. The second-order valence-electron chi connectivity index (χ2n) is 7.17. The van der Waals surface area contributed by atoms with Crippen LogP contribution in [0.3, 0.4) is 0 Å². The van der Waals surface area contributed by atoms with Crippen molar-refractivity contribution < 1.29 is 4.79 Å². The SMILES string of the molecule is Cc1ccc(-c2nc(NCc3ccccc3Cl)n(C(=O)C=Cc3ccccc3Cl)n2)cc1. The Morgan fingerprint density at radius 2 is 1.66 bits per heavy atom. The molecule has 4 aromatic rings. The summed E-state index contributed by atoms with van der Waals surface area (Å²) in [7, 11) is 0. The summed E-state index contributed by atoms with van der Waals surface area (Å²) in [6, 6.07) is 22.6. The number of aryl methyl sites for hydroxylation is 1. The number of rotatable bonds is 6. The van der Waals surface area contributed by atoms with Crippen molar-refractivity contribution >= 4 is 41.1 Å². The predicted octanol–water partition coefficient (Wildman–Crippen LogP) is 6.53. The maximum Gasteiger partial charge on any atom is 0.274 e. The Morgan fingerprint density at radius 1 is 0.969 bits per heavy atom. The van der Waals surface area contributed by atoms with Crippen molar-refractivity contribution in [3.05, 3.63) is 106 Å². The molecule has 0 saturated carbocycles. The zero-order valence-corrected chi connectivity index (χ0v) is 18.8. The smallest absolute Gasteiger partial charge is 0.274 e. The van der Waals surface area contributed by atoms with Crippen molar-refractivity contribution in [1.82, 2.24) is 14.8 Å². The molecule has 0 aliphatic carbocycles. The van der Waals surface area contributed by atoms with E-state index in [1.54, 1.807) is 12.1 Å². The highest BCUT2D eigenvalue weighted by Gasteiger charge is 2.16. The normalized spacial score (nSPS) is 11.1. The summed E-state index contributed by atoms with van der Waals surface area (Å²) in [5.74, 6) is 0.429. The maximum atomic E-state index is 13.0.